The molecule has 4 rings (SSSR count). The lowest BCUT2D eigenvalue weighted by atomic mass is 10.2. The van der Waals surface area contributed by atoms with Gasteiger partial charge in [-0.15, -0.1) is 11.3 Å². The fourth-order valence-corrected chi connectivity index (χ4v) is 4.61. The highest BCUT2D eigenvalue weighted by Crippen LogP contribution is 2.34. The minimum Gasteiger partial charge on any atom is -0.327 e. The third-order valence-corrected chi connectivity index (χ3v) is 6.13. The second kappa shape index (κ2) is 7.10. The van der Waals surface area contributed by atoms with E-state index in [1.807, 2.05) is 36.0 Å². The van der Waals surface area contributed by atoms with E-state index in [1.54, 1.807) is 0 Å². The molecule has 0 saturated carbocycles. The topological polar surface area (TPSA) is 34.0 Å². The zero-order chi connectivity index (χ0) is 17.2. The molecular formula is C20H24N4S. The first-order valence-electron chi connectivity index (χ1n) is 8.90. The molecule has 3 aromatic rings. The van der Waals surface area contributed by atoms with Crippen molar-refractivity contribution in [2.45, 2.75) is 45.8 Å². The van der Waals surface area contributed by atoms with Crippen molar-refractivity contribution in [3.05, 3.63) is 69.7 Å². The molecule has 0 N–H and O–H groups in total. The van der Waals surface area contributed by atoms with E-state index in [1.165, 1.54) is 40.4 Å². The average Bonchev–Trinajstić information content (AvgIpc) is 3.32. The van der Waals surface area contributed by atoms with Crippen LogP contribution in [0.1, 0.15) is 46.4 Å². The molecule has 0 amide bonds. The normalized spacial score (nSPS) is 18.1. The van der Waals surface area contributed by atoms with Crippen LogP contribution < -0.4 is 0 Å². The molecule has 0 aliphatic carbocycles. The van der Waals surface area contributed by atoms with Gasteiger partial charge in [0.1, 0.15) is 5.82 Å². The van der Waals surface area contributed by atoms with Crippen LogP contribution in [0.25, 0.3) is 0 Å². The standard InChI is InChI=1S/C20H24N4S/c1-15-7-10-25-19(15)14-23-9-4-6-18(23)20-22-11-16(2)24(20)13-17-5-3-8-21-12-17/h3,5,7-8,10-12,18H,4,6,9,13-14H2,1-2H3. The van der Waals surface area contributed by atoms with Crippen molar-refractivity contribution in [2.75, 3.05) is 6.54 Å². The molecule has 0 aromatic carbocycles. The molecule has 0 bridgehead atoms. The van der Waals surface area contributed by atoms with Gasteiger partial charge in [-0.2, -0.15) is 0 Å². The fourth-order valence-electron chi connectivity index (χ4n) is 3.68. The highest BCUT2D eigenvalue weighted by atomic mass is 32.1. The van der Waals surface area contributed by atoms with Crippen molar-refractivity contribution in [3.63, 3.8) is 0 Å². The average molecular weight is 353 g/mol. The first-order chi connectivity index (χ1) is 12.2. The van der Waals surface area contributed by atoms with Crippen molar-refractivity contribution < 1.29 is 0 Å². The summed E-state index contributed by atoms with van der Waals surface area (Å²) in [4.78, 5) is 13.1. The van der Waals surface area contributed by atoms with Crippen LogP contribution in [0.5, 0.6) is 0 Å². The van der Waals surface area contributed by atoms with E-state index in [0.717, 1.165) is 19.6 Å². The molecule has 4 nitrogen and oxygen atoms in total. The molecule has 1 aliphatic rings. The molecule has 4 heterocycles. The van der Waals surface area contributed by atoms with Crippen LogP contribution in [0, 0.1) is 13.8 Å². The summed E-state index contributed by atoms with van der Waals surface area (Å²) in [5.41, 5.74) is 3.85. The van der Waals surface area contributed by atoms with Crippen molar-refractivity contribution in [1.29, 1.82) is 0 Å². The number of pyridine rings is 1. The van der Waals surface area contributed by atoms with Gasteiger partial charge in [-0.05, 0) is 61.9 Å². The van der Waals surface area contributed by atoms with Crippen LogP contribution in [-0.4, -0.2) is 26.0 Å². The summed E-state index contributed by atoms with van der Waals surface area (Å²) in [7, 11) is 0. The summed E-state index contributed by atoms with van der Waals surface area (Å²) < 4.78 is 2.36. The number of imidazole rings is 1. The number of aromatic nitrogens is 3. The lowest BCUT2D eigenvalue weighted by molar-refractivity contribution is 0.237. The number of aryl methyl sites for hydroxylation is 2. The molecule has 25 heavy (non-hydrogen) atoms. The van der Waals surface area contributed by atoms with E-state index >= 15 is 0 Å². The predicted molar refractivity (Wildman–Crippen MR) is 102 cm³/mol. The SMILES string of the molecule is Cc1ccsc1CN1CCCC1c1ncc(C)n1Cc1cccnc1. The Bertz CT molecular complexity index is 837. The Morgan fingerprint density at radius 2 is 2.12 bits per heavy atom. The largest absolute Gasteiger partial charge is 0.327 e. The number of hydrogen-bond donors (Lipinski definition) is 0. The van der Waals surface area contributed by atoms with Gasteiger partial charge < -0.3 is 4.57 Å². The second-order valence-corrected chi connectivity index (χ2v) is 7.86. The maximum atomic E-state index is 4.80. The van der Waals surface area contributed by atoms with Crippen molar-refractivity contribution in [1.82, 2.24) is 19.4 Å². The highest BCUT2D eigenvalue weighted by Gasteiger charge is 2.30. The monoisotopic (exact) mass is 352 g/mol. The van der Waals surface area contributed by atoms with E-state index < -0.39 is 0 Å². The van der Waals surface area contributed by atoms with Gasteiger partial charge in [0.2, 0.25) is 0 Å². The summed E-state index contributed by atoms with van der Waals surface area (Å²) in [5, 5.41) is 2.20. The molecule has 1 saturated heterocycles. The summed E-state index contributed by atoms with van der Waals surface area (Å²) in [6.07, 6.45) is 8.22. The van der Waals surface area contributed by atoms with Crippen LogP contribution in [0.3, 0.4) is 0 Å². The summed E-state index contributed by atoms with van der Waals surface area (Å²) in [6.45, 7) is 7.39. The highest BCUT2D eigenvalue weighted by molar-refractivity contribution is 7.10. The quantitative estimate of drug-likeness (QED) is 0.685. The third-order valence-electron chi connectivity index (χ3n) is 5.13. The minimum atomic E-state index is 0.409. The molecule has 1 aliphatic heterocycles. The molecule has 130 valence electrons. The van der Waals surface area contributed by atoms with E-state index in [4.69, 9.17) is 4.98 Å². The van der Waals surface area contributed by atoms with Gasteiger partial charge in [-0.3, -0.25) is 9.88 Å². The Kier molecular flexibility index (Phi) is 4.68. The number of likely N-dealkylation sites (tertiary alicyclic amines) is 1. The Morgan fingerprint density at radius 1 is 1.20 bits per heavy atom. The van der Waals surface area contributed by atoms with Gasteiger partial charge in [0.15, 0.2) is 0 Å². The van der Waals surface area contributed by atoms with Crippen LogP contribution in [0.15, 0.2) is 42.2 Å². The van der Waals surface area contributed by atoms with E-state index in [2.05, 4.69) is 45.8 Å². The van der Waals surface area contributed by atoms with E-state index in [-0.39, 0.29) is 0 Å². The molecule has 1 fully saturated rings. The van der Waals surface area contributed by atoms with Crippen LogP contribution in [0.4, 0.5) is 0 Å². The zero-order valence-electron chi connectivity index (χ0n) is 14.9. The Hall–Kier alpha value is -1.98. The summed E-state index contributed by atoms with van der Waals surface area (Å²) >= 11 is 1.87. The molecule has 3 aromatic heterocycles. The number of rotatable bonds is 5. The fraction of sp³-hybridized carbons (Fsp3) is 0.400. The van der Waals surface area contributed by atoms with E-state index in [0.29, 0.717) is 6.04 Å². The van der Waals surface area contributed by atoms with Gasteiger partial charge in [0, 0.05) is 35.7 Å². The predicted octanol–water partition coefficient (Wildman–Crippen LogP) is 4.34. The smallest absolute Gasteiger partial charge is 0.126 e. The van der Waals surface area contributed by atoms with E-state index in [9.17, 15) is 0 Å². The molecule has 5 heteroatoms. The van der Waals surface area contributed by atoms with Gasteiger partial charge in [0.05, 0.1) is 12.6 Å². The van der Waals surface area contributed by atoms with Gasteiger partial charge in [-0.25, -0.2) is 4.98 Å². The van der Waals surface area contributed by atoms with Gasteiger partial charge in [-0.1, -0.05) is 6.07 Å². The molecule has 1 unspecified atom stereocenters. The maximum absolute atomic E-state index is 4.80. The van der Waals surface area contributed by atoms with Crippen molar-refractivity contribution in [3.8, 4) is 0 Å². The number of nitrogens with zero attached hydrogens (tertiary/aromatic N) is 4. The van der Waals surface area contributed by atoms with Crippen molar-refractivity contribution >= 4 is 11.3 Å². The summed E-state index contributed by atoms with van der Waals surface area (Å²) in [5.74, 6) is 1.20. The Morgan fingerprint density at radius 3 is 2.88 bits per heavy atom. The number of thiophene rings is 1. The molecular weight excluding hydrogens is 328 g/mol. The van der Waals surface area contributed by atoms with Crippen LogP contribution >= 0.6 is 11.3 Å². The third kappa shape index (κ3) is 3.39. The first kappa shape index (κ1) is 16.5. The number of hydrogen-bond acceptors (Lipinski definition) is 4. The van der Waals surface area contributed by atoms with Crippen LogP contribution in [0.2, 0.25) is 0 Å². The van der Waals surface area contributed by atoms with Gasteiger partial charge in [0.25, 0.3) is 0 Å². The maximum Gasteiger partial charge on any atom is 0.126 e. The minimum absolute atomic E-state index is 0.409. The molecule has 0 spiro atoms. The molecule has 1 atom stereocenters. The lowest BCUT2D eigenvalue weighted by Crippen LogP contribution is -2.25. The Balaban J connectivity index is 1.59. The van der Waals surface area contributed by atoms with Crippen LogP contribution in [-0.2, 0) is 13.1 Å². The van der Waals surface area contributed by atoms with Gasteiger partial charge >= 0.3 is 0 Å². The summed E-state index contributed by atoms with van der Waals surface area (Å²) in [6, 6.07) is 6.77. The Labute approximate surface area is 153 Å². The first-order valence-corrected chi connectivity index (χ1v) is 9.78. The second-order valence-electron chi connectivity index (χ2n) is 6.86. The molecule has 0 radical (unpaired) electrons. The zero-order valence-corrected chi connectivity index (χ0v) is 15.7. The van der Waals surface area contributed by atoms with Crippen molar-refractivity contribution in [2.24, 2.45) is 0 Å². The lowest BCUT2D eigenvalue weighted by Gasteiger charge is -2.25.